The third-order valence-corrected chi connectivity index (χ3v) is 5.41. The van der Waals surface area contributed by atoms with Crippen LogP contribution in [0.5, 0.6) is 0 Å². The van der Waals surface area contributed by atoms with Crippen molar-refractivity contribution in [1.82, 2.24) is 9.47 Å². The monoisotopic (exact) mass is 348 g/mol. The molecule has 0 aliphatic heterocycles. The Morgan fingerprint density at radius 2 is 2.12 bits per heavy atom. The SMILES string of the molecule is Cc1csc(=O)n1CCC(=O)N(C1CC1)C(C)c1ccccc1F. The maximum absolute atomic E-state index is 14.1. The summed E-state index contributed by atoms with van der Waals surface area (Å²) in [4.78, 5) is 26.3. The van der Waals surface area contributed by atoms with E-state index in [2.05, 4.69) is 0 Å². The van der Waals surface area contributed by atoms with E-state index in [1.54, 1.807) is 33.0 Å². The lowest BCUT2D eigenvalue weighted by Gasteiger charge is -2.30. The standard InChI is InChI=1S/C18H21FN2O2S/c1-12-11-24-18(23)20(12)10-9-17(22)21(14-7-8-14)13(2)15-5-3-4-6-16(15)19/h3-6,11,13-14H,7-10H2,1-2H3. The van der Waals surface area contributed by atoms with Gasteiger partial charge in [-0.2, -0.15) is 0 Å². The van der Waals surface area contributed by atoms with Gasteiger partial charge in [-0.25, -0.2) is 4.39 Å². The summed E-state index contributed by atoms with van der Waals surface area (Å²) in [6.07, 6.45) is 2.18. The minimum atomic E-state index is -0.300. The topological polar surface area (TPSA) is 42.3 Å². The molecule has 1 amide bonds. The molecule has 0 saturated heterocycles. The summed E-state index contributed by atoms with van der Waals surface area (Å²) in [5.41, 5.74) is 1.42. The number of carbonyl (C=O) groups excluding carboxylic acids is 1. The minimum absolute atomic E-state index is 0.0225. The van der Waals surface area contributed by atoms with Crippen molar-refractivity contribution in [3.05, 3.63) is 56.4 Å². The lowest BCUT2D eigenvalue weighted by Crippen LogP contribution is -2.36. The Balaban J connectivity index is 1.75. The lowest BCUT2D eigenvalue weighted by molar-refractivity contribution is -0.134. The molecular weight excluding hydrogens is 327 g/mol. The van der Waals surface area contributed by atoms with Gasteiger partial charge in [0.05, 0.1) is 6.04 Å². The van der Waals surface area contributed by atoms with E-state index in [-0.39, 0.29) is 35.1 Å². The number of rotatable bonds is 6. The quantitative estimate of drug-likeness (QED) is 0.802. The van der Waals surface area contributed by atoms with Crippen molar-refractivity contribution in [2.45, 2.75) is 51.7 Å². The zero-order chi connectivity index (χ0) is 17.3. The van der Waals surface area contributed by atoms with E-state index in [0.717, 1.165) is 29.9 Å². The summed E-state index contributed by atoms with van der Waals surface area (Å²) < 4.78 is 15.7. The molecule has 2 aromatic rings. The van der Waals surface area contributed by atoms with E-state index >= 15 is 0 Å². The largest absolute Gasteiger partial charge is 0.333 e. The second-order valence-corrected chi connectivity index (χ2v) is 7.09. The van der Waals surface area contributed by atoms with Gasteiger partial charge < -0.3 is 9.47 Å². The highest BCUT2D eigenvalue weighted by atomic mass is 32.1. The number of benzene rings is 1. The Kier molecular flexibility index (Phi) is 4.85. The fourth-order valence-electron chi connectivity index (χ4n) is 3.06. The van der Waals surface area contributed by atoms with Crippen molar-refractivity contribution < 1.29 is 9.18 Å². The molecule has 1 aliphatic carbocycles. The van der Waals surface area contributed by atoms with E-state index < -0.39 is 0 Å². The highest BCUT2D eigenvalue weighted by Crippen LogP contribution is 2.35. The Labute approximate surface area is 144 Å². The van der Waals surface area contributed by atoms with Crippen molar-refractivity contribution in [2.75, 3.05) is 0 Å². The normalized spacial score (nSPS) is 15.3. The van der Waals surface area contributed by atoms with E-state index in [4.69, 9.17) is 0 Å². The molecule has 1 aromatic carbocycles. The predicted octanol–water partition coefficient (Wildman–Crippen LogP) is 3.50. The van der Waals surface area contributed by atoms with Gasteiger partial charge in [-0.3, -0.25) is 9.59 Å². The maximum Gasteiger partial charge on any atom is 0.307 e. The Morgan fingerprint density at radius 1 is 1.42 bits per heavy atom. The Bertz CT molecular complexity index is 794. The molecule has 0 spiro atoms. The van der Waals surface area contributed by atoms with Crippen molar-refractivity contribution in [3.8, 4) is 0 Å². The smallest absolute Gasteiger partial charge is 0.307 e. The van der Waals surface area contributed by atoms with E-state index in [9.17, 15) is 14.0 Å². The molecule has 24 heavy (non-hydrogen) atoms. The molecule has 1 fully saturated rings. The van der Waals surface area contributed by atoms with Crippen LogP contribution in [-0.2, 0) is 11.3 Å². The third-order valence-electron chi connectivity index (χ3n) is 4.53. The number of halogens is 1. The molecule has 1 aliphatic rings. The van der Waals surface area contributed by atoms with Crippen molar-refractivity contribution in [3.63, 3.8) is 0 Å². The molecule has 1 atom stereocenters. The summed E-state index contributed by atoms with van der Waals surface area (Å²) in [6.45, 7) is 4.11. The van der Waals surface area contributed by atoms with E-state index in [1.807, 2.05) is 13.8 Å². The van der Waals surface area contributed by atoms with Crippen LogP contribution < -0.4 is 4.87 Å². The highest BCUT2D eigenvalue weighted by Gasteiger charge is 2.36. The molecule has 1 heterocycles. The molecule has 128 valence electrons. The third kappa shape index (κ3) is 3.43. The molecule has 0 radical (unpaired) electrons. The van der Waals surface area contributed by atoms with Gasteiger partial charge in [0.1, 0.15) is 5.82 Å². The highest BCUT2D eigenvalue weighted by molar-refractivity contribution is 7.07. The van der Waals surface area contributed by atoms with Crippen LogP contribution in [0.4, 0.5) is 4.39 Å². The summed E-state index contributed by atoms with van der Waals surface area (Å²) in [6, 6.07) is 6.49. The number of amides is 1. The van der Waals surface area contributed by atoms with Gasteiger partial charge in [0.15, 0.2) is 0 Å². The summed E-state index contributed by atoms with van der Waals surface area (Å²) >= 11 is 1.15. The van der Waals surface area contributed by atoms with Gasteiger partial charge in [0.25, 0.3) is 0 Å². The fraction of sp³-hybridized carbons (Fsp3) is 0.444. The maximum atomic E-state index is 14.1. The van der Waals surface area contributed by atoms with Gasteiger partial charge in [-0.15, -0.1) is 0 Å². The number of hydrogen-bond donors (Lipinski definition) is 0. The van der Waals surface area contributed by atoms with Crippen LogP contribution in [-0.4, -0.2) is 21.4 Å². The number of nitrogens with zero attached hydrogens (tertiary/aromatic N) is 2. The first kappa shape index (κ1) is 16.9. The summed E-state index contributed by atoms with van der Waals surface area (Å²) in [5.74, 6) is -0.306. The van der Waals surface area contributed by atoms with E-state index in [1.165, 1.54) is 6.07 Å². The Morgan fingerprint density at radius 3 is 2.71 bits per heavy atom. The van der Waals surface area contributed by atoms with Gasteiger partial charge in [0, 0.05) is 35.6 Å². The first-order valence-corrected chi connectivity index (χ1v) is 9.07. The van der Waals surface area contributed by atoms with Crippen LogP contribution in [0.25, 0.3) is 0 Å². The minimum Gasteiger partial charge on any atom is -0.333 e. The molecule has 1 aromatic heterocycles. The molecule has 3 rings (SSSR count). The van der Waals surface area contributed by atoms with Crippen LogP contribution in [0.2, 0.25) is 0 Å². The van der Waals surface area contributed by atoms with Gasteiger partial charge >= 0.3 is 4.87 Å². The number of hydrogen-bond acceptors (Lipinski definition) is 3. The zero-order valence-electron chi connectivity index (χ0n) is 13.9. The van der Waals surface area contributed by atoms with Crippen LogP contribution in [0.1, 0.15) is 43.5 Å². The average molecular weight is 348 g/mol. The van der Waals surface area contributed by atoms with Gasteiger partial charge in [-0.05, 0) is 32.8 Å². The summed E-state index contributed by atoms with van der Waals surface area (Å²) in [5, 5.41) is 1.80. The Hall–Kier alpha value is -1.95. The molecule has 4 nitrogen and oxygen atoms in total. The number of thiazole rings is 1. The predicted molar refractivity (Wildman–Crippen MR) is 92.6 cm³/mol. The molecule has 1 unspecified atom stereocenters. The lowest BCUT2D eigenvalue weighted by atomic mass is 10.1. The zero-order valence-corrected chi connectivity index (χ0v) is 14.7. The summed E-state index contributed by atoms with van der Waals surface area (Å²) in [7, 11) is 0. The molecular formula is C18H21FN2O2S. The number of carbonyl (C=O) groups is 1. The molecule has 0 bridgehead atoms. The van der Waals surface area contributed by atoms with E-state index in [0.29, 0.717) is 12.1 Å². The first-order valence-electron chi connectivity index (χ1n) is 8.19. The molecule has 1 saturated carbocycles. The van der Waals surface area contributed by atoms with Crippen LogP contribution in [0.3, 0.4) is 0 Å². The molecule has 0 N–H and O–H groups in total. The number of aryl methyl sites for hydroxylation is 1. The van der Waals surface area contributed by atoms with Crippen molar-refractivity contribution >= 4 is 17.2 Å². The van der Waals surface area contributed by atoms with Crippen LogP contribution >= 0.6 is 11.3 Å². The van der Waals surface area contributed by atoms with Crippen LogP contribution in [0, 0.1) is 12.7 Å². The van der Waals surface area contributed by atoms with Crippen molar-refractivity contribution in [2.24, 2.45) is 0 Å². The van der Waals surface area contributed by atoms with Gasteiger partial charge in [0.2, 0.25) is 5.91 Å². The first-order chi connectivity index (χ1) is 11.5. The fourth-order valence-corrected chi connectivity index (χ4v) is 3.82. The second kappa shape index (κ2) is 6.89. The molecule has 6 heteroatoms. The second-order valence-electron chi connectivity index (χ2n) is 6.27. The average Bonchev–Trinajstić information content (AvgIpc) is 3.33. The van der Waals surface area contributed by atoms with Crippen molar-refractivity contribution in [1.29, 1.82) is 0 Å². The number of aromatic nitrogens is 1. The van der Waals surface area contributed by atoms with Gasteiger partial charge in [-0.1, -0.05) is 29.5 Å². The van der Waals surface area contributed by atoms with Crippen LogP contribution in [0.15, 0.2) is 34.4 Å².